The molecule has 0 aromatic heterocycles. The molecule has 0 aliphatic carbocycles. The van der Waals surface area contributed by atoms with E-state index in [-0.39, 0.29) is 5.91 Å². The number of thioether (sulfide) groups is 2. The average molecular weight is 353 g/mol. The number of carboxylic acids is 1. The highest BCUT2D eigenvalue weighted by molar-refractivity contribution is 8.26. The van der Waals surface area contributed by atoms with Crippen LogP contribution in [-0.4, -0.2) is 44.3 Å². The molecule has 7 heteroatoms. The molecule has 1 heterocycles. The summed E-state index contributed by atoms with van der Waals surface area (Å²) in [6.45, 7) is 0. The first-order chi connectivity index (χ1) is 10.5. The number of hydrogen-bond acceptors (Lipinski definition) is 5. The van der Waals surface area contributed by atoms with Crippen molar-refractivity contribution >= 4 is 58.0 Å². The van der Waals surface area contributed by atoms with Gasteiger partial charge in [-0.05, 0) is 30.1 Å². The third-order valence-corrected chi connectivity index (χ3v) is 5.09. The van der Waals surface area contributed by atoms with Gasteiger partial charge >= 0.3 is 5.97 Å². The Kier molecular flexibility index (Phi) is 6.05. The van der Waals surface area contributed by atoms with Crippen molar-refractivity contribution in [3.8, 4) is 0 Å². The molecule has 1 fully saturated rings. The van der Waals surface area contributed by atoms with E-state index >= 15 is 0 Å². The number of nitrogens with zero attached hydrogens (tertiary/aromatic N) is 1. The first-order valence-corrected chi connectivity index (χ1v) is 9.20. The molecule has 0 radical (unpaired) electrons. The van der Waals surface area contributed by atoms with Gasteiger partial charge in [-0.3, -0.25) is 9.69 Å². The third kappa shape index (κ3) is 3.91. The number of aliphatic carboxylic acids is 1. The van der Waals surface area contributed by atoms with Crippen LogP contribution in [0.1, 0.15) is 12.0 Å². The van der Waals surface area contributed by atoms with Gasteiger partial charge in [0.15, 0.2) is 0 Å². The molecule has 0 bridgehead atoms. The number of amides is 1. The molecule has 0 saturated carbocycles. The highest BCUT2D eigenvalue weighted by Gasteiger charge is 2.40. The van der Waals surface area contributed by atoms with Gasteiger partial charge in [0.1, 0.15) is 10.4 Å². The lowest BCUT2D eigenvalue weighted by molar-refractivity contribution is -0.145. The van der Waals surface area contributed by atoms with Crippen LogP contribution in [0, 0.1) is 0 Å². The Labute approximate surface area is 143 Å². The summed E-state index contributed by atoms with van der Waals surface area (Å²) in [4.78, 5) is 25.7. The minimum absolute atomic E-state index is 0.306. The van der Waals surface area contributed by atoms with Crippen LogP contribution in [0.4, 0.5) is 0 Å². The number of carbonyl (C=O) groups excluding carboxylic acids is 1. The van der Waals surface area contributed by atoms with Crippen LogP contribution in [0.2, 0.25) is 0 Å². The first kappa shape index (κ1) is 17.1. The Morgan fingerprint density at radius 3 is 2.73 bits per heavy atom. The Morgan fingerprint density at radius 1 is 1.45 bits per heavy atom. The Balaban J connectivity index is 2.24. The lowest BCUT2D eigenvalue weighted by atomic mass is 10.2. The van der Waals surface area contributed by atoms with E-state index in [0.717, 1.165) is 17.3 Å². The summed E-state index contributed by atoms with van der Waals surface area (Å²) >= 11 is 7.91. The maximum absolute atomic E-state index is 12.5. The van der Waals surface area contributed by atoms with Gasteiger partial charge in [-0.15, -0.1) is 0 Å². The van der Waals surface area contributed by atoms with Crippen molar-refractivity contribution in [3.05, 3.63) is 40.8 Å². The molecule has 1 aliphatic rings. The van der Waals surface area contributed by atoms with Crippen LogP contribution in [0.15, 0.2) is 35.2 Å². The zero-order chi connectivity index (χ0) is 16.1. The number of hydrogen-bond donors (Lipinski definition) is 1. The van der Waals surface area contributed by atoms with Crippen molar-refractivity contribution in [1.82, 2.24) is 4.90 Å². The predicted molar refractivity (Wildman–Crippen MR) is 95.9 cm³/mol. The fraction of sp³-hybridized carbons (Fsp3) is 0.267. The van der Waals surface area contributed by atoms with E-state index in [4.69, 9.17) is 12.2 Å². The number of thiocarbonyl (C=S) groups is 1. The van der Waals surface area contributed by atoms with Crippen LogP contribution in [-0.2, 0) is 9.59 Å². The van der Waals surface area contributed by atoms with Crippen molar-refractivity contribution in [2.45, 2.75) is 12.5 Å². The molecule has 1 amide bonds. The van der Waals surface area contributed by atoms with Crippen molar-refractivity contribution in [1.29, 1.82) is 0 Å². The summed E-state index contributed by atoms with van der Waals surface area (Å²) < 4.78 is 0.306. The van der Waals surface area contributed by atoms with Crippen LogP contribution < -0.4 is 0 Å². The summed E-state index contributed by atoms with van der Waals surface area (Å²) in [6.07, 6.45) is 4.02. The molecule has 4 nitrogen and oxygen atoms in total. The quantitative estimate of drug-likeness (QED) is 0.626. The minimum atomic E-state index is -1.02. The van der Waals surface area contributed by atoms with Gasteiger partial charge in [0.05, 0.1) is 4.91 Å². The van der Waals surface area contributed by atoms with Crippen LogP contribution in [0.25, 0.3) is 6.08 Å². The molecule has 1 aromatic rings. The normalized spacial score (nSPS) is 18.0. The number of rotatable bonds is 6. The van der Waals surface area contributed by atoms with Gasteiger partial charge in [-0.1, -0.05) is 54.3 Å². The fourth-order valence-corrected chi connectivity index (χ4v) is 3.86. The average Bonchev–Trinajstić information content (AvgIpc) is 2.76. The smallest absolute Gasteiger partial charge is 0.326 e. The topological polar surface area (TPSA) is 57.6 Å². The molecule has 1 atom stereocenters. The van der Waals surface area contributed by atoms with Gasteiger partial charge in [0, 0.05) is 0 Å². The largest absolute Gasteiger partial charge is 0.480 e. The van der Waals surface area contributed by atoms with Crippen LogP contribution in [0.5, 0.6) is 0 Å². The molecular formula is C15H15NO3S3. The van der Waals surface area contributed by atoms with Crippen molar-refractivity contribution in [3.63, 3.8) is 0 Å². The third-order valence-electron chi connectivity index (χ3n) is 3.11. The van der Waals surface area contributed by atoms with Gasteiger partial charge in [0.25, 0.3) is 5.91 Å². The van der Waals surface area contributed by atoms with Crippen molar-refractivity contribution < 1.29 is 14.7 Å². The van der Waals surface area contributed by atoms with Crippen LogP contribution >= 0.6 is 35.7 Å². The summed E-state index contributed by atoms with van der Waals surface area (Å²) in [6, 6.07) is 8.52. The van der Waals surface area contributed by atoms with Crippen LogP contribution in [0.3, 0.4) is 0 Å². The second-order valence-electron chi connectivity index (χ2n) is 4.60. The number of benzene rings is 1. The Hall–Kier alpha value is -1.31. The lowest BCUT2D eigenvalue weighted by Gasteiger charge is -2.22. The Bertz CT molecular complexity index is 616. The number of carbonyl (C=O) groups is 2. The molecule has 1 aromatic carbocycles. The van der Waals surface area contributed by atoms with Gasteiger partial charge in [-0.25, -0.2) is 4.79 Å². The second-order valence-corrected chi connectivity index (χ2v) is 7.26. The fourth-order valence-electron chi connectivity index (χ4n) is 2.04. The van der Waals surface area contributed by atoms with Gasteiger partial charge in [0.2, 0.25) is 0 Å². The van der Waals surface area contributed by atoms with E-state index in [0.29, 0.717) is 21.4 Å². The minimum Gasteiger partial charge on any atom is -0.480 e. The van der Waals surface area contributed by atoms with E-state index in [1.54, 1.807) is 17.8 Å². The number of carboxylic acid groups (broad SMARTS) is 1. The standard InChI is InChI=1S/C15H15NO3S3/c1-21-8-7-11(14(18)19)16-13(17)12(22-15(16)20)9-10-5-3-2-4-6-10/h2-6,9,11H,7-8H2,1H3,(H,18,19)/b12-9-. The van der Waals surface area contributed by atoms with Gasteiger partial charge in [-0.2, -0.15) is 11.8 Å². The highest BCUT2D eigenvalue weighted by atomic mass is 32.2. The zero-order valence-corrected chi connectivity index (χ0v) is 14.3. The molecule has 0 spiro atoms. The molecule has 116 valence electrons. The first-order valence-electron chi connectivity index (χ1n) is 6.58. The monoisotopic (exact) mass is 353 g/mol. The SMILES string of the molecule is CSCCC(C(=O)O)N1C(=O)/C(=C/c2ccccc2)SC1=S. The van der Waals surface area contributed by atoms with E-state index in [1.165, 1.54) is 4.90 Å². The van der Waals surface area contributed by atoms with Crippen molar-refractivity contribution in [2.24, 2.45) is 0 Å². The van der Waals surface area contributed by atoms with E-state index in [2.05, 4.69) is 0 Å². The molecule has 1 saturated heterocycles. The van der Waals surface area contributed by atoms with Gasteiger partial charge < -0.3 is 5.11 Å². The molecular weight excluding hydrogens is 338 g/mol. The molecule has 2 rings (SSSR count). The molecule has 1 unspecified atom stereocenters. The summed E-state index contributed by atoms with van der Waals surface area (Å²) in [7, 11) is 0. The summed E-state index contributed by atoms with van der Waals surface area (Å²) in [5.74, 6) is -0.690. The highest BCUT2D eigenvalue weighted by Crippen LogP contribution is 2.34. The predicted octanol–water partition coefficient (Wildman–Crippen LogP) is 3.09. The van der Waals surface area contributed by atoms with Crippen molar-refractivity contribution in [2.75, 3.05) is 12.0 Å². The molecule has 1 aliphatic heterocycles. The maximum Gasteiger partial charge on any atom is 0.326 e. The lowest BCUT2D eigenvalue weighted by Crippen LogP contribution is -2.44. The second kappa shape index (κ2) is 7.80. The van der Waals surface area contributed by atoms with E-state index < -0.39 is 12.0 Å². The van der Waals surface area contributed by atoms with E-state index in [1.807, 2.05) is 36.6 Å². The maximum atomic E-state index is 12.5. The summed E-state index contributed by atoms with van der Waals surface area (Å²) in [5, 5.41) is 9.38. The molecule has 22 heavy (non-hydrogen) atoms. The molecule has 1 N–H and O–H groups in total. The van der Waals surface area contributed by atoms with E-state index in [9.17, 15) is 14.7 Å². The summed E-state index contributed by atoms with van der Waals surface area (Å²) in [5.41, 5.74) is 0.888. The zero-order valence-electron chi connectivity index (χ0n) is 11.9. The Morgan fingerprint density at radius 2 is 2.14 bits per heavy atom.